The molecular weight excluding hydrogens is 240 g/mol. The Kier molecular flexibility index (Phi) is 3.48. The normalized spacial score (nSPS) is 18.2. The van der Waals surface area contributed by atoms with Gasteiger partial charge >= 0.3 is 0 Å². The summed E-state index contributed by atoms with van der Waals surface area (Å²) in [4.78, 5) is 6.93. The Morgan fingerprint density at radius 1 is 1.32 bits per heavy atom. The van der Waals surface area contributed by atoms with E-state index in [0.29, 0.717) is 5.92 Å². The molecule has 19 heavy (non-hydrogen) atoms. The van der Waals surface area contributed by atoms with Crippen molar-refractivity contribution in [1.29, 1.82) is 0 Å². The molecule has 3 heterocycles. The number of pyridine rings is 1. The molecule has 1 saturated heterocycles. The summed E-state index contributed by atoms with van der Waals surface area (Å²) in [7, 11) is 0. The topological polar surface area (TPSA) is 53.7 Å². The van der Waals surface area contributed by atoms with Gasteiger partial charge in [0.25, 0.3) is 0 Å². The molecule has 0 radical (unpaired) electrons. The van der Waals surface area contributed by atoms with Crippen molar-refractivity contribution in [3.63, 3.8) is 0 Å². The summed E-state index contributed by atoms with van der Waals surface area (Å²) in [6.07, 6.45) is 4.18. The van der Waals surface area contributed by atoms with Crippen LogP contribution in [0.1, 0.15) is 30.1 Å². The summed E-state index contributed by atoms with van der Waals surface area (Å²) in [5.41, 5.74) is 2.13. The zero-order valence-electron chi connectivity index (χ0n) is 11.3. The lowest BCUT2D eigenvalue weighted by Crippen LogP contribution is -2.35. The number of fused-ring (bicyclic) bond motifs is 1. The molecule has 102 valence electrons. The lowest BCUT2D eigenvalue weighted by molar-refractivity contribution is 0.163. The molecule has 2 aromatic rings. The van der Waals surface area contributed by atoms with E-state index in [1.54, 1.807) is 0 Å². The third-order valence-electron chi connectivity index (χ3n) is 3.86. The molecule has 1 aliphatic rings. The number of hydrogen-bond acceptors (Lipinski definition) is 4. The second kappa shape index (κ2) is 5.27. The summed E-state index contributed by atoms with van der Waals surface area (Å²) in [5.74, 6) is 1.42. The van der Waals surface area contributed by atoms with Gasteiger partial charge in [-0.1, -0.05) is 6.07 Å². The molecule has 5 nitrogen and oxygen atoms in total. The number of aliphatic hydroxyl groups excluding tert-OH is 1. The van der Waals surface area contributed by atoms with E-state index >= 15 is 0 Å². The van der Waals surface area contributed by atoms with E-state index in [0.717, 1.165) is 43.9 Å². The molecule has 3 rings (SSSR count). The first-order valence-electron chi connectivity index (χ1n) is 6.92. The average Bonchev–Trinajstić information content (AvgIpc) is 2.83. The van der Waals surface area contributed by atoms with E-state index in [4.69, 9.17) is 5.11 Å². The predicted octanol–water partition coefficient (Wildman–Crippen LogP) is 1.21. The zero-order valence-corrected chi connectivity index (χ0v) is 11.3. The van der Waals surface area contributed by atoms with Crippen LogP contribution in [-0.2, 0) is 0 Å². The maximum Gasteiger partial charge on any atom is 0.155 e. The minimum absolute atomic E-state index is 0.247. The van der Waals surface area contributed by atoms with Crippen LogP contribution in [0.4, 0.5) is 0 Å². The van der Waals surface area contributed by atoms with E-state index in [1.165, 1.54) is 5.56 Å². The number of aryl methyl sites for hydroxylation is 1. The van der Waals surface area contributed by atoms with E-state index < -0.39 is 0 Å². The number of hydrogen-bond donors (Lipinski definition) is 1. The van der Waals surface area contributed by atoms with Gasteiger partial charge < -0.3 is 10.0 Å². The molecule has 2 aromatic heterocycles. The van der Waals surface area contributed by atoms with Crippen LogP contribution in [0.25, 0.3) is 5.65 Å². The van der Waals surface area contributed by atoms with Crippen LogP contribution < -0.4 is 0 Å². The first-order chi connectivity index (χ1) is 9.26. The van der Waals surface area contributed by atoms with Crippen molar-refractivity contribution in [2.45, 2.75) is 25.7 Å². The van der Waals surface area contributed by atoms with E-state index in [-0.39, 0.29) is 6.61 Å². The molecule has 1 N–H and O–H groups in total. The van der Waals surface area contributed by atoms with Crippen LogP contribution in [0.2, 0.25) is 0 Å². The molecule has 0 aliphatic carbocycles. The molecule has 0 spiro atoms. The van der Waals surface area contributed by atoms with Gasteiger partial charge in [0, 0.05) is 18.7 Å². The molecule has 0 atom stereocenters. The van der Waals surface area contributed by atoms with Crippen LogP contribution in [0.5, 0.6) is 0 Å². The highest BCUT2D eigenvalue weighted by atomic mass is 16.3. The van der Waals surface area contributed by atoms with Crippen LogP contribution in [-0.4, -0.2) is 50.8 Å². The van der Waals surface area contributed by atoms with E-state index in [9.17, 15) is 0 Å². The number of aromatic nitrogens is 3. The SMILES string of the molecule is Cc1ccc2nc(C3CCN(CCO)CC3)nn2c1. The number of likely N-dealkylation sites (tertiary alicyclic amines) is 1. The van der Waals surface area contributed by atoms with Crippen molar-refractivity contribution >= 4 is 5.65 Å². The highest BCUT2D eigenvalue weighted by molar-refractivity contribution is 5.38. The van der Waals surface area contributed by atoms with Crippen molar-refractivity contribution in [1.82, 2.24) is 19.5 Å². The Morgan fingerprint density at radius 3 is 2.84 bits per heavy atom. The lowest BCUT2D eigenvalue weighted by atomic mass is 9.96. The average molecular weight is 260 g/mol. The van der Waals surface area contributed by atoms with Crippen molar-refractivity contribution < 1.29 is 5.11 Å². The fourth-order valence-electron chi connectivity index (χ4n) is 2.73. The van der Waals surface area contributed by atoms with Crippen LogP contribution in [0.3, 0.4) is 0 Å². The van der Waals surface area contributed by atoms with Gasteiger partial charge in [-0.05, 0) is 44.5 Å². The highest BCUT2D eigenvalue weighted by Crippen LogP contribution is 2.25. The third-order valence-corrected chi connectivity index (χ3v) is 3.86. The Balaban J connectivity index is 1.74. The van der Waals surface area contributed by atoms with Gasteiger partial charge in [0.2, 0.25) is 0 Å². The van der Waals surface area contributed by atoms with Gasteiger partial charge in [-0.2, -0.15) is 5.10 Å². The number of piperidine rings is 1. The molecule has 5 heteroatoms. The Bertz CT molecular complexity index is 558. The zero-order chi connectivity index (χ0) is 13.2. The van der Waals surface area contributed by atoms with Crippen LogP contribution >= 0.6 is 0 Å². The number of nitrogens with zero attached hydrogens (tertiary/aromatic N) is 4. The number of β-amino-alcohol motifs (C(OH)–C–C–N with tert-alkyl or cyclic N) is 1. The van der Waals surface area contributed by atoms with Crippen LogP contribution in [0.15, 0.2) is 18.3 Å². The molecular formula is C14H20N4O. The van der Waals surface area contributed by atoms with Gasteiger partial charge in [-0.15, -0.1) is 0 Å². The maximum absolute atomic E-state index is 8.95. The smallest absolute Gasteiger partial charge is 0.155 e. The molecule has 1 aliphatic heterocycles. The second-order valence-corrected chi connectivity index (χ2v) is 5.32. The standard InChI is InChI=1S/C14H20N4O/c1-11-2-3-13-15-14(16-18(13)10-11)12-4-6-17(7-5-12)8-9-19/h2-3,10,12,19H,4-9H2,1H3. The second-order valence-electron chi connectivity index (χ2n) is 5.32. The van der Waals surface area contributed by atoms with Gasteiger partial charge in [0.05, 0.1) is 6.61 Å². The summed E-state index contributed by atoms with van der Waals surface area (Å²) in [6.45, 7) is 5.15. The largest absolute Gasteiger partial charge is 0.395 e. The maximum atomic E-state index is 8.95. The molecule has 0 bridgehead atoms. The predicted molar refractivity (Wildman–Crippen MR) is 73.2 cm³/mol. The van der Waals surface area contributed by atoms with E-state index in [2.05, 4.69) is 28.0 Å². The molecule has 0 unspecified atom stereocenters. The third kappa shape index (κ3) is 2.62. The molecule has 0 aromatic carbocycles. The van der Waals surface area contributed by atoms with Crippen molar-refractivity contribution in [2.75, 3.05) is 26.2 Å². The fraction of sp³-hybridized carbons (Fsp3) is 0.571. The Hall–Kier alpha value is -1.46. The summed E-state index contributed by atoms with van der Waals surface area (Å²) in [5, 5.41) is 13.6. The minimum atomic E-state index is 0.247. The van der Waals surface area contributed by atoms with Crippen molar-refractivity contribution in [3.8, 4) is 0 Å². The first kappa shape index (κ1) is 12.6. The van der Waals surface area contributed by atoms with Gasteiger partial charge in [0.1, 0.15) is 0 Å². The number of rotatable bonds is 3. The van der Waals surface area contributed by atoms with Gasteiger partial charge in [-0.3, -0.25) is 0 Å². The minimum Gasteiger partial charge on any atom is -0.395 e. The first-order valence-corrected chi connectivity index (χ1v) is 6.92. The Morgan fingerprint density at radius 2 is 2.11 bits per heavy atom. The molecule has 1 fully saturated rings. The Labute approximate surface area is 112 Å². The van der Waals surface area contributed by atoms with Gasteiger partial charge in [-0.25, -0.2) is 9.50 Å². The fourth-order valence-corrected chi connectivity index (χ4v) is 2.73. The monoisotopic (exact) mass is 260 g/mol. The number of aliphatic hydroxyl groups is 1. The van der Waals surface area contributed by atoms with Crippen LogP contribution in [0, 0.1) is 6.92 Å². The quantitative estimate of drug-likeness (QED) is 0.901. The summed E-state index contributed by atoms with van der Waals surface area (Å²) >= 11 is 0. The summed E-state index contributed by atoms with van der Waals surface area (Å²) in [6, 6.07) is 4.09. The highest BCUT2D eigenvalue weighted by Gasteiger charge is 2.23. The van der Waals surface area contributed by atoms with Crippen molar-refractivity contribution in [2.24, 2.45) is 0 Å². The van der Waals surface area contributed by atoms with E-state index in [1.807, 2.05) is 16.8 Å². The van der Waals surface area contributed by atoms with Gasteiger partial charge in [0.15, 0.2) is 11.5 Å². The lowest BCUT2D eigenvalue weighted by Gasteiger charge is -2.29. The molecule has 0 saturated carbocycles. The molecule has 0 amide bonds. The summed E-state index contributed by atoms with van der Waals surface area (Å²) < 4.78 is 1.88. The van der Waals surface area contributed by atoms with Crippen molar-refractivity contribution in [3.05, 3.63) is 29.7 Å².